The lowest BCUT2D eigenvalue weighted by Gasteiger charge is -2.37. The highest BCUT2D eigenvalue weighted by Crippen LogP contribution is 2.23. The Labute approximate surface area is 114 Å². The minimum atomic E-state index is -0.890. The van der Waals surface area contributed by atoms with Crippen molar-refractivity contribution in [1.29, 1.82) is 0 Å². The topological polar surface area (TPSA) is 78.9 Å². The van der Waals surface area contributed by atoms with E-state index < -0.39 is 5.97 Å². The van der Waals surface area contributed by atoms with Crippen LogP contribution in [0, 0.1) is 0 Å². The lowest BCUT2D eigenvalue weighted by molar-refractivity contribution is -0.137. The molecule has 110 valence electrons. The van der Waals surface area contributed by atoms with Gasteiger partial charge in [0.15, 0.2) is 0 Å². The molecule has 2 N–H and O–H groups in total. The summed E-state index contributed by atoms with van der Waals surface area (Å²) < 4.78 is 5.43. The normalized spacial score (nSPS) is 21.9. The number of carboxylic acid groups (broad SMARTS) is 1. The number of carbonyl (C=O) groups is 2. The van der Waals surface area contributed by atoms with Gasteiger partial charge < -0.3 is 20.1 Å². The fourth-order valence-corrected chi connectivity index (χ4v) is 2.12. The van der Waals surface area contributed by atoms with Gasteiger partial charge in [0.25, 0.3) is 0 Å². The first-order valence-electron chi connectivity index (χ1n) is 6.84. The Morgan fingerprint density at radius 2 is 2.05 bits per heavy atom. The molecule has 1 saturated carbocycles. The molecule has 0 saturated heterocycles. The number of rotatable bonds is 7. The molecule has 0 heterocycles. The van der Waals surface area contributed by atoms with Gasteiger partial charge in [-0.1, -0.05) is 0 Å². The molecule has 0 aliphatic heterocycles. The summed E-state index contributed by atoms with van der Waals surface area (Å²) in [7, 11) is 0. The van der Waals surface area contributed by atoms with Crippen LogP contribution in [0.25, 0.3) is 0 Å². The van der Waals surface area contributed by atoms with E-state index >= 15 is 0 Å². The van der Waals surface area contributed by atoms with E-state index in [4.69, 9.17) is 9.84 Å². The lowest BCUT2D eigenvalue weighted by atomic mass is 9.89. The van der Waals surface area contributed by atoms with Crippen LogP contribution in [0.2, 0.25) is 0 Å². The number of aliphatic carboxylic acids is 1. The standard InChI is InChI=1S/C13H24N2O4/c1-4-19-11-7-10(8-11)14-13(18)15(9(2)3)6-5-12(16)17/h9-11H,4-8H2,1-3H3,(H,14,18)(H,16,17). The van der Waals surface area contributed by atoms with Crippen molar-refractivity contribution in [3.05, 3.63) is 0 Å². The maximum Gasteiger partial charge on any atom is 0.317 e. The molecule has 1 rings (SSSR count). The van der Waals surface area contributed by atoms with Gasteiger partial charge in [0, 0.05) is 25.2 Å². The summed E-state index contributed by atoms with van der Waals surface area (Å²) in [6, 6.07) is -0.0477. The van der Waals surface area contributed by atoms with Crippen LogP contribution in [0.3, 0.4) is 0 Å². The fourth-order valence-electron chi connectivity index (χ4n) is 2.12. The van der Waals surface area contributed by atoms with Crippen LogP contribution in [0.5, 0.6) is 0 Å². The summed E-state index contributed by atoms with van der Waals surface area (Å²) in [6.07, 6.45) is 1.90. The number of urea groups is 1. The van der Waals surface area contributed by atoms with E-state index in [2.05, 4.69) is 5.32 Å². The molecule has 0 aromatic heterocycles. The number of ether oxygens (including phenoxy) is 1. The van der Waals surface area contributed by atoms with Gasteiger partial charge in [-0.15, -0.1) is 0 Å². The molecule has 6 nitrogen and oxygen atoms in total. The number of carbonyl (C=O) groups excluding carboxylic acids is 1. The Kier molecular flexibility index (Phi) is 6.08. The highest BCUT2D eigenvalue weighted by atomic mass is 16.5. The number of hydrogen-bond acceptors (Lipinski definition) is 3. The molecule has 2 amide bonds. The number of carboxylic acids is 1. The summed E-state index contributed by atoms with van der Waals surface area (Å²) in [5, 5.41) is 11.6. The molecular formula is C13H24N2O4. The largest absolute Gasteiger partial charge is 0.481 e. The molecule has 0 aromatic carbocycles. The quantitative estimate of drug-likeness (QED) is 0.735. The van der Waals surface area contributed by atoms with Crippen molar-refractivity contribution < 1.29 is 19.4 Å². The second kappa shape index (κ2) is 7.33. The zero-order chi connectivity index (χ0) is 14.4. The average molecular weight is 272 g/mol. The van der Waals surface area contributed by atoms with Crippen LogP contribution < -0.4 is 5.32 Å². The minimum absolute atomic E-state index is 0.0119. The zero-order valence-corrected chi connectivity index (χ0v) is 11.9. The van der Waals surface area contributed by atoms with Crippen molar-refractivity contribution in [3.63, 3.8) is 0 Å². The maximum atomic E-state index is 12.0. The summed E-state index contributed by atoms with van der Waals surface area (Å²) in [6.45, 7) is 6.65. The summed E-state index contributed by atoms with van der Waals surface area (Å²) in [4.78, 5) is 24.2. The van der Waals surface area contributed by atoms with E-state index in [-0.39, 0.29) is 37.2 Å². The Morgan fingerprint density at radius 3 is 2.53 bits per heavy atom. The molecule has 0 bridgehead atoms. The van der Waals surface area contributed by atoms with Crippen molar-refractivity contribution in [2.45, 2.75) is 58.2 Å². The first kappa shape index (κ1) is 15.8. The molecule has 0 spiro atoms. The monoisotopic (exact) mass is 272 g/mol. The van der Waals surface area contributed by atoms with Crippen molar-refractivity contribution >= 4 is 12.0 Å². The average Bonchev–Trinajstić information content (AvgIpc) is 2.25. The molecular weight excluding hydrogens is 248 g/mol. The molecule has 6 heteroatoms. The van der Waals surface area contributed by atoms with Crippen LogP contribution in [0.1, 0.15) is 40.0 Å². The second-order valence-electron chi connectivity index (χ2n) is 5.13. The zero-order valence-electron chi connectivity index (χ0n) is 11.9. The lowest BCUT2D eigenvalue weighted by Crippen LogP contribution is -2.53. The maximum absolute atomic E-state index is 12.0. The van der Waals surface area contributed by atoms with Gasteiger partial charge in [0.1, 0.15) is 0 Å². The highest BCUT2D eigenvalue weighted by molar-refractivity contribution is 5.76. The predicted molar refractivity (Wildman–Crippen MR) is 71.1 cm³/mol. The molecule has 19 heavy (non-hydrogen) atoms. The predicted octanol–water partition coefficient (Wildman–Crippen LogP) is 1.45. The first-order chi connectivity index (χ1) is 8.93. The fraction of sp³-hybridized carbons (Fsp3) is 0.846. The molecule has 0 radical (unpaired) electrons. The van der Waals surface area contributed by atoms with Crippen molar-refractivity contribution in [1.82, 2.24) is 10.2 Å². The molecule has 1 fully saturated rings. The van der Waals surface area contributed by atoms with Crippen LogP contribution in [-0.2, 0) is 9.53 Å². The summed E-state index contributed by atoms with van der Waals surface area (Å²) in [5.74, 6) is -0.890. The molecule has 1 aliphatic rings. The van der Waals surface area contributed by atoms with Gasteiger partial charge in [0.05, 0.1) is 12.5 Å². The van der Waals surface area contributed by atoms with Gasteiger partial charge in [-0.05, 0) is 33.6 Å². The molecule has 0 unspecified atom stereocenters. The van der Waals surface area contributed by atoms with Gasteiger partial charge in [-0.25, -0.2) is 4.79 Å². The van der Waals surface area contributed by atoms with Gasteiger partial charge >= 0.3 is 12.0 Å². The van der Waals surface area contributed by atoms with Crippen LogP contribution >= 0.6 is 0 Å². The molecule has 0 aromatic rings. The molecule has 1 aliphatic carbocycles. The van der Waals surface area contributed by atoms with Gasteiger partial charge in [-0.3, -0.25) is 4.79 Å². The first-order valence-corrected chi connectivity index (χ1v) is 6.84. The minimum Gasteiger partial charge on any atom is -0.481 e. The van der Waals surface area contributed by atoms with E-state index in [0.29, 0.717) is 6.61 Å². The third-order valence-corrected chi connectivity index (χ3v) is 3.28. The number of nitrogens with zero attached hydrogens (tertiary/aromatic N) is 1. The van der Waals surface area contributed by atoms with Gasteiger partial charge in [0.2, 0.25) is 0 Å². The third kappa shape index (κ3) is 5.06. The van der Waals surface area contributed by atoms with Crippen molar-refractivity contribution in [2.24, 2.45) is 0 Å². The van der Waals surface area contributed by atoms with Crippen LogP contribution in [0.15, 0.2) is 0 Å². The number of amides is 2. The van der Waals surface area contributed by atoms with E-state index in [9.17, 15) is 9.59 Å². The molecule has 0 atom stereocenters. The van der Waals surface area contributed by atoms with Crippen molar-refractivity contribution in [3.8, 4) is 0 Å². The summed E-state index contributed by atoms with van der Waals surface area (Å²) >= 11 is 0. The number of hydrogen-bond donors (Lipinski definition) is 2. The van der Waals surface area contributed by atoms with E-state index in [1.165, 1.54) is 0 Å². The summed E-state index contributed by atoms with van der Waals surface area (Å²) in [5.41, 5.74) is 0. The van der Waals surface area contributed by atoms with Crippen LogP contribution in [-0.4, -0.2) is 53.3 Å². The van der Waals surface area contributed by atoms with E-state index in [1.807, 2.05) is 20.8 Å². The third-order valence-electron chi connectivity index (χ3n) is 3.28. The van der Waals surface area contributed by atoms with E-state index in [0.717, 1.165) is 12.8 Å². The second-order valence-corrected chi connectivity index (χ2v) is 5.13. The highest BCUT2D eigenvalue weighted by Gasteiger charge is 2.32. The van der Waals surface area contributed by atoms with Gasteiger partial charge in [-0.2, -0.15) is 0 Å². The Bertz CT molecular complexity index is 314. The number of nitrogens with one attached hydrogen (secondary N) is 1. The Morgan fingerprint density at radius 1 is 1.42 bits per heavy atom. The van der Waals surface area contributed by atoms with E-state index in [1.54, 1.807) is 4.90 Å². The van der Waals surface area contributed by atoms with Crippen LogP contribution in [0.4, 0.5) is 4.79 Å². The van der Waals surface area contributed by atoms with Crippen molar-refractivity contribution in [2.75, 3.05) is 13.2 Å². The Hall–Kier alpha value is -1.30. The SMILES string of the molecule is CCOC1CC(NC(=O)N(CCC(=O)O)C(C)C)C1. The smallest absolute Gasteiger partial charge is 0.317 e. The Balaban J connectivity index is 2.35.